The van der Waals surface area contributed by atoms with Gasteiger partial charge < -0.3 is 14.8 Å². The SMILES string of the molecule is COc1cc2c(cc1OC)CN(S(=O)(=O)CCNC(=O)c1cccc(C(F)(F)F)c1)CC2. The normalized spacial score (nSPS) is 14.5. The average molecular weight is 472 g/mol. The maximum atomic E-state index is 12.8. The van der Waals surface area contributed by atoms with Crippen LogP contribution in [0.3, 0.4) is 0 Å². The van der Waals surface area contributed by atoms with Crippen molar-refractivity contribution in [3.63, 3.8) is 0 Å². The zero-order chi connectivity index (χ0) is 23.5. The topological polar surface area (TPSA) is 84.9 Å². The molecule has 1 aliphatic rings. The minimum atomic E-state index is -4.57. The smallest absolute Gasteiger partial charge is 0.416 e. The summed E-state index contributed by atoms with van der Waals surface area (Å²) in [4.78, 5) is 12.2. The third-order valence-electron chi connectivity index (χ3n) is 5.17. The number of sulfonamides is 1. The van der Waals surface area contributed by atoms with Gasteiger partial charge in [0.25, 0.3) is 5.91 Å². The fourth-order valence-corrected chi connectivity index (χ4v) is 4.78. The second kappa shape index (κ2) is 9.37. The van der Waals surface area contributed by atoms with Crippen LogP contribution in [0.2, 0.25) is 0 Å². The number of nitrogens with one attached hydrogen (secondary N) is 1. The Bertz CT molecular complexity index is 1100. The van der Waals surface area contributed by atoms with E-state index in [1.165, 1.54) is 24.6 Å². The highest BCUT2D eigenvalue weighted by molar-refractivity contribution is 7.89. The molecule has 0 radical (unpaired) electrons. The Balaban J connectivity index is 1.62. The summed E-state index contributed by atoms with van der Waals surface area (Å²) in [5.74, 6) is -0.0776. The van der Waals surface area contributed by atoms with Gasteiger partial charge in [0, 0.05) is 25.2 Å². The van der Waals surface area contributed by atoms with Gasteiger partial charge in [0.05, 0.1) is 25.5 Å². The van der Waals surface area contributed by atoms with Crippen LogP contribution in [0.1, 0.15) is 27.0 Å². The van der Waals surface area contributed by atoms with E-state index < -0.39 is 27.7 Å². The lowest BCUT2D eigenvalue weighted by Crippen LogP contribution is -2.40. The molecule has 2 aromatic rings. The Labute approximate surface area is 184 Å². The molecule has 32 heavy (non-hydrogen) atoms. The fraction of sp³-hybridized carbons (Fsp3) is 0.381. The van der Waals surface area contributed by atoms with E-state index in [0.29, 0.717) is 17.9 Å². The van der Waals surface area contributed by atoms with Gasteiger partial charge in [0.15, 0.2) is 11.5 Å². The quantitative estimate of drug-likeness (QED) is 0.670. The van der Waals surface area contributed by atoms with Crippen molar-refractivity contribution in [3.8, 4) is 11.5 Å². The molecule has 1 aliphatic heterocycles. The first-order valence-electron chi connectivity index (χ1n) is 9.72. The third-order valence-corrected chi connectivity index (χ3v) is 6.99. The molecule has 7 nitrogen and oxygen atoms in total. The van der Waals surface area contributed by atoms with Crippen molar-refractivity contribution in [1.29, 1.82) is 0 Å². The Kier molecular flexibility index (Phi) is 6.99. The number of benzene rings is 2. The molecular weight excluding hydrogens is 449 g/mol. The van der Waals surface area contributed by atoms with Crippen molar-refractivity contribution in [2.45, 2.75) is 19.1 Å². The van der Waals surface area contributed by atoms with Crippen LogP contribution in [-0.2, 0) is 29.2 Å². The molecule has 0 bridgehead atoms. The van der Waals surface area contributed by atoms with Crippen molar-refractivity contribution in [2.75, 3.05) is 33.1 Å². The predicted octanol–water partition coefficient (Wildman–Crippen LogP) is 2.84. The molecule has 0 aliphatic carbocycles. The number of halogens is 3. The lowest BCUT2D eigenvalue weighted by atomic mass is 10.0. The van der Waals surface area contributed by atoms with E-state index in [4.69, 9.17) is 9.47 Å². The molecule has 1 amide bonds. The highest BCUT2D eigenvalue weighted by Crippen LogP contribution is 2.34. The Morgan fingerprint density at radius 3 is 2.38 bits per heavy atom. The summed E-state index contributed by atoms with van der Waals surface area (Å²) in [6.45, 7) is 0.193. The van der Waals surface area contributed by atoms with Crippen LogP contribution >= 0.6 is 0 Å². The van der Waals surface area contributed by atoms with Crippen LogP contribution in [0.25, 0.3) is 0 Å². The first-order valence-corrected chi connectivity index (χ1v) is 11.3. The number of carbonyl (C=O) groups excluding carboxylic acids is 1. The number of hydrogen-bond acceptors (Lipinski definition) is 5. The van der Waals surface area contributed by atoms with Crippen LogP contribution < -0.4 is 14.8 Å². The molecule has 0 spiro atoms. The van der Waals surface area contributed by atoms with Crippen LogP contribution in [0.5, 0.6) is 11.5 Å². The summed E-state index contributed by atoms with van der Waals surface area (Å²) < 4.78 is 75.8. The van der Waals surface area contributed by atoms with Gasteiger partial charge in [-0.25, -0.2) is 8.42 Å². The number of carbonyl (C=O) groups is 1. The molecule has 0 saturated carbocycles. The predicted molar refractivity (Wildman–Crippen MR) is 111 cm³/mol. The van der Waals surface area contributed by atoms with Crippen LogP contribution in [-0.4, -0.2) is 51.7 Å². The van der Waals surface area contributed by atoms with Gasteiger partial charge in [0.1, 0.15) is 0 Å². The standard InChI is InChI=1S/C21H23F3N2O5S/c1-30-18-11-14-6-8-26(13-16(14)12-19(18)31-2)32(28,29)9-7-25-20(27)15-4-3-5-17(10-15)21(22,23)24/h3-5,10-12H,6-9,13H2,1-2H3,(H,25,27). The molecule has 11 heteroatoms. The summed E-state index contributed by atoms with van der Waals surface area (Å²) in [6, 6.07) is 7.52. The first-order chi connectivity index (χ1) is 15.0. The van der Waals surface area contributed by atoms with Crippen molar-refractivity contribution < 1.29 is 35.9 Å². The molecule has 0 fully saturated rings. The summed E-state index contributed by atoms with van der Waals surface area (Å²) in [5, 5.41) is 2.38. The number of fused-ring (bicyclic) bond motifs is 1. The number of methoxy groups -OCH3 is 2. The maximum absolute atomic E-state index is 12.8. The number of alkyl halides is 3. The van der Waals surface area contributed by atoms with Crippen molar-refractivity contribution in [3.05, 3.63) is 58.7 Å². The van der Waals surface area contributed by atoms with Gasteiger partial charge in [0.2, 0.25) is 10.0 Å². The molecule has 0 atom stereocenters. The van der Waals surface area contributed by atoms with Gasteiger partial charge in [-0.2, -0.15) is 17.5 Å². The van der Waals surface area contributed by atoms with E-state index in [9.17, 15) is 26.4 Å². The average Bonchev–Trinajstić information content (AvgIpc) is 2.76. The summed E-state index contributed by atoms with van der Waals surface area (Å²) in [7, 11) is -0.684. The summed E-state index contributed by atoms with van der Waals surface area (Å²) >= 11 is 0. The van der Waals surface area contributed by atoms with E-state index in [2.05, 4.69) is 5.32 Å². The monoisotopic (exact) mass is 472 g/mol. The largest absolute Gasteiger partial charge is 0.493 e. The number of nitrogens with zero attached hydrogens (tertiary/aromatic N) is 1. The number of hydrogen-bond donors (Lipinski definition) is 1. The second-order valence-corrected chi connectivity index (χ2v) is 9.30. The van der Waals surface area contributed by atoms with Gasteiger partial charge in [-0.05, 0) is 47.9 Å². The van der Waals surface area contributed by atoms with E-state index in [1.54, 1.807) is 6.07 Å². The maximum Gasteiger partial charge on any atom is 0.416 e. The molecule has 1 heterocycles. The van der Waals surface area contributed by atoms with Crippen LogP contribution in [0.4, 0.5) is 13.2 Å². The summed E-state index contributed by atoms with van der Waals surface area (Å²) in [5.41, 5.74) is 0.624. The molecule has 0 aromatic heterocycles. The molecule has 0 saturated heterocycles. The van der Waals surface area contributed by atoms with E-state index in [1.807, 2.05) is 6.07 Å². The second-order valence-electron chi connectivity index (χ2n) is 7.21. The van der Waals surface area contributed by atoms with Gasteiger partial charge in [-0.15, -0.1) is 0 Å². The summed E-state index contributed by atoms with van der Waals surface area (Å²) in [6.07, 6.45) is -4.08. The highest BCUT2D eigenvalue weighted by atomic mass is 32.2. The zero-order valence-corrected chi connectivity index (χ0v) is 18.3. The first kappa shape index (κ1) is 23.9. The molecule has 0 unspecified atom stereocenters. The lowest BCUT2D eigenvalue weighted by molar-refractivity contribution is -0.137. The molecular formula is C21H23F3N2O5S. The highest BCUT2D eigenvalue weighted by Gasteiger charge is 2.31. The molecule has 3 rings (SSSR count). The molecule has 1 N–H and O–H groups in total. The van der Waals surface area contributed by atoms with E-state index in [0.717, 1.165) is 29.3 Å². The zero-order valence-electron chi connectivity index (χ0n) is 17.5. The number of rotatable bonds is 7. The minimum absolute atomic E-state index is 0.152. The Hall–Kier alpha value is -2.79. The Morgan fingerprint density at radius 1 is 1.09 bits per heavy atom. The van der Waals surface area contributed by atoms with Gasteiger partial charge in [-0.1, -0.05) is 6.07 Å². The fourth-order valence-electron chi connectivity index (χ4n) is 3.46. The van der Waals surface area contributed by atoms with E-state index >= 15 is 0 Å². The Morgan fingerprint density at radius 2 is 1.75 bits per heavy atom. The minimum Gasteiger partial charge on any atom is -0.493 e. The third kappa shape index (κ3) is 5.33. The van der Waals surface area contributed by atoms with Crippen LogP contribution in [0, 0.1) is 0 Å². The van der Waals surface area contributed by atoms with Gasteiger partial charge >= 0.3 is 6.18 Å². The lowest BCUT2D eigenvalue weighted by Gasteiger charge is -2.29. The molecule has 2 aromatic carbocycles. The molecule has 174 valence electrons. The number of amides is 1. The van der Waals surface area contributed by atoms with E-state index in [-0.39, 0.29) is 31.0 Å². The van der Waals surface area contributed by atoms with Gasteiger partial charge in [-0.3, -0.25) is 4.79 Å². The van der Waals surface area contributed by atoms with Crippen molar-refractivity contribution in [2.24, 2.45) is 0 Å². The van der Waals surface area contributed by atoms with Crippen molar-refractivity contribution >= 4 is 15.9 Å². The number of ether oxygens (including phenoxy) is 2. The van der Waals surface area contributed by atoms with Crippen LogP contribution in [0.15, 0.2) is 36.4 Å². The van der Waals surface area contributed by atoms with Crippen molar-refractivity contribution in [1.82, 2.24) is 9.62 Å².